The summed E-state index contributed by atoms with van der Waals surface area (Å²) in [4.78, 5) is 12.5. The maximum Gasteiger partial charge on any atom is 0.270 e. The fourth-order valence-corrected chi connectivity index (χ4v) is 2.16. The van der Waals surface area contributed by atoms with Crippen LogP contribution in [0, 0.1) is 0 Å². The van der Waals surface area contributed by atoms with E-state index in [2.05, 4.69) is 32.8 Å². The van der Waals surface area contributed by atoms with Gasteiger partial charge in [-0.05, 0) is 32.6 Å². The molecule has 17 heavy (non-hydrogen) atoms. The average Bonchev–Trinajstić information content (AvgIpc) is 2.41. The number of hydrogen-bond acceptors (Lipinski definition) is 1. The number of aryl methyl sites for hydroxylation is 1. The van der Waals surface area contributed by atoms with Crippen LogP contribution >= 0.6 is 0 Å². The molecule has 0 aliphatic heterocycles. The van der Waals surface area contributed by atoms with Gasteiger partial charge >= 0.3 is 0 Å². The Kier molecular flexibility index (Phi) is 3.60. The van der Waals surface area contributed by atoms with Crippen LogP contribution in [0.4, 0.5) is 0 Å². The summed E-state index contributed by atoms with van der Waals surface area (Å²) in [7, 11) is 0. The summed E-state index contributed by atoms with van der Waals surface area (Å²) in [5, 5.41) is 3.30. The smallest absolute Gasteiger partial charge is 0.270 e. The number of rotatable bonds is 2. The molecule has 98 valence electrons. The second-order valence-electron chi connectivity index (χ2n) is 6.78. The monoisotopic (exact) mass is 238 g/mol. The molecule has 1 heterocycles. The van der Waals surface area contributed by atoms with E-state index in [1.165, 1.54) is 0 Å². The first-order chi connectivity index (χ1) is 7.59. The van der Waals surface area contributed by atoms with E-state index in [1.54, 1.807) is 4.68 Å². The lowest BCUT2D eigenvalue weighted by Crippen LogP contribution is -2.35. The van der Waals surface area contributed by atoms with E-state index in [1.807, 2.05) is 20.8 Å². The predicted octanol–water partition coefficient (Wildman–Crippen LogP) is 3.18. The Hall–Kier alpha value is -0.990. The number of aromatic amines is 1. The van der Waals surface area contributed by atoms with Crippen LogP contribution in [0.5, 0.6) is 0 Å². The molecule has 0 aliphatic rings. The SMILES string of the molecule is CCCc1[nH]n(C(C)(C)C)c(=O)c1C(C)(C)C. The third-order valence-corrected chi connectivity index (χ3v) is 2.89. The average molecular weight is 238 g/mol. The molecule has 1 N–H and O–H groups in total. The first-order valence-electron chi connectivity index (χ1n) is 6.44. The number of nitrogens with zero attached hydrogens (tertiary/aromatic N) is 1. The molecule has 0 unspecified atom stereocenters. The minimum atomic E-state index is -0.191. The molecule has 0 spiro atoms. The second kappa shape index (κ2) is 4.35. The van der Waals surface area contributed by atoms with Crippen LogP contribution in [0.25, 0.3) is 0 Å². The Labute approximate surface area is 104 Å². The van der Waals surface area contributed by atoms with Crippen molar-refractivity contribution in [2.45, 2.75) is 72.3 Å². The highest BCUT2D eigenvalue weighted by Crippen LogP contribution is 2.24. The zero-order valence-corrected chi connectivity index (χ0v) is 12.3. The Balaban J connectivity index is 3.47. The molecule has 1 aromatic heterocycles. The van der Waals surface area contributed by atoms with Gasteiger partial charge in [0.25, 0.3) is 5.56 Å². The summed E-state index contributed by atoms with van der Waals surface area (Å²) in [6, 6.07) is 0. The Morgan fingerprint density at radius 2 is 1.65 bits per heavy atom. The van der Waals surface area contributed by atoms with Gasteiger partial charge in [0.05, 0.1) is 5.54 Å². The normalized spacial score (nSPS) is 13.1. The highest BCUT2D eigenvalue weighted by molar-refractivity contribution is 5.26. The molecule has 3 nitrogen and oxygen atoms in total. The van der Waals surface area contributed by atoms with Gasteiger partial charge in [0.2, 0.25) is 0 Å². The van der Waals surface area contributed by atoms with Crippen LogP contribution in [-0.4, -0.2) is 9.78 Å². The van der Waals surface area contributed by atoms with Crippen molar-refractivity contribution in [2.75, 3.05) is 0 Å². The number of aromatic nitrogens is 2. The van der Waals surface area contributed by atoms with Crippen molar-refractivity contribution in [3.05, 3.63) is 21.6 Å². The van der Waals surface area contributed by atoms with E-state index in [0.717, 1.165) is 24.1 Å². The first kappa shape index (κ1) is 14.1. The summed E-state index contributed by atoms with van der Waals surface area (Å²) in [6.45, 7) is 14.6. The number of H-pyrrole nitrogens is 1. The summed E-state index contributed by atoms with van der Waals surface area (Å²) >= 11 is 0. The quantitative estimate of drug-likeness (QED) is 0.844. The van der Waals surface area contributed by atoms with Gasteiger partial charge in [-0.3, -0.25) is 9.89 Å². The van der Waals surface area contributed by atoms with Gasteiger partial charge in [0.1, 0.15) is 0 Å². The van der Waals surface area contributed by atoms with Crippen molar-refractivity contribution in [1.82, 2.24) is 9.78 Å². The van der Waals surface area contributed by atoms with Gasteiger partial charge in [-0.15, -0.1) is 0 Å². The van der Waals surface area contributed by atoms with E-state index in [0.29, 0.717) is 0 Å². The fourth-order valence-electron chi connectivity index (χ4n) is 2.16. The van der Waals surface area contributed by atoms with Crippen molar-refractivity contribution in [3.63, 3.8) is 0 Å². The zero-order valence-electron chi connectivity index (χ0n) is 12.3. The summed E-state index contributed by atoms with van der Waals surface area (Å²) in [6.07, 6.45) is 1.98. The van der Waals surface area contributed by atoms with E-state index in [4.69, 9.17) is 0 Å². The fraction of sp³-hybridized carbons (Fsp3) is 0.786. The Bertz CT molecular complexity index is 438. The van der Waals surface area contributed by atoms with Crippen molar-refractivity contribution in [1.29, 1.82) is 0 Å². The summed E-state index contributed by atoms with van der Waals surface area (Å²) in [5.41, 5.74) is 1.88. The number of nitrogens with one attached hydrogen (secondary N) is 1. The van der Waals surface area contributed by atoms with Crippen molar-refractivity contribution < 1.29 is 0 Å². The lowest BCUT2D eigenvalue weighted by atomic mass is 9.86. The van der Waals surface area contributed by atoms with Crippen LogP contribution in [0.3, 0.4) is 0 Å². The van der Waals surface area contributed by atoms with E-state index < -0.39 is 0 Å². The highest BCUT2D eigenvalue weighted by Gasteiger charge is 2.28. The third-order valence-electron chi connectivity index (χ3n) is 2.89. The lowest BCUT2D eigenvalue weighted by Gasteiger charge is -2.20. The third kappa shape index (κ3) is 2.82. The van der Waals surface area contributed by atoms with Crippen LogP contribution in [0.2, 0.25) is 0 Å². The van der Waals surface area contributed by atoms with E-state index in [9.17, 15) is 4.79 Å². The molecule has 0 amide bonds. The van der Waals surface area contributed by atoms with Gasteiger partial charge < -0.3 is 0 Å². The molecule has 0 atom stereocenters. The molecule has 0 fully saturated rings. The van der Waals surface area contributed by atoms with E-state index in [-0.39, 0.29) is 16.5 Å². The van der Waals surface area contributed by atoms with Crippen molar-refractivity contribution >= 4 is 0 Å². The first-order valence-corrected chi connectivity index (χ1v) is 6.44. The molecule has 3 heteroatoms. The molecule has 0 aliphatic carbocycles. The van der Waals surface area contributed by atoms with Gasteiger partial charge in [0, 0.05) is 11.3 Å². The van der Waals surface area contributed by atoms with Crippen molar-refractivity contribution in [3.8, 4) is 0 Å². The Morgan fingerprint density at radius 1 is 1.12 bits per heavy atom. The van der Waals surface area contributed by atoms with Gasteiger partial charge in [-0.2, -0.15) is 0 Å². The zero-order chi connectivity index (χ0) is 13.4. The molecule has 0 aromatic carbocycles. The molecular weight excluding hydrogens is 212 g/mol. The van der Waals surface area contributed by atoms with Gasteiger partial charge in [-0.25, -0.2) is 4.68 Å². The van der Waals surface area contributed by atoms with Gasteiger partial charge in [0.15, 0.2) is 0 Å². The molecular formula is C14H26N2O. The Morgan fingerprint density at radius 3 is 2.00 bits per heavy atom. The van der Waals surface area contributed by atoms with E-state index >= 15 is 0 Å². The maximum absolute atomic E-state index is 12.5. The minimum Gasteiger partial charge on any atom is -0.299 e. The molecule has 0 saturated carbocycles. The molecule has 0 saturated heterocycles. The van der Waals surface area contributed by atoms with Gasteiger partial charge in [-0.1, -0.05) is 34.1 Å². The summed E-state index contributed by atoms with van der Waals surface area (Å²) < 4.78 is 1.76. The second-order valence-corrected chi connectivity index (χ2v) is 6.78. The highest BCUT2D eigenvalue weighted by atomic mass is 16.1. The molecule has 0 bridgehead atoms. The topological polar surface area (TPSA) is 37.8 Å². The number of hydrogen-bond donors (Lipinski definition) is 1. The lowest BCUT2D eigenvalue weighted by molar-refractivity contribution is 0.342. The summed E-state index contributed by atoms with van der Waals surface area (Å²) in [5.74, 6) is 0. The molecule has 1 aromatic rings. The molecule has 0 radical (unpaired) electrons. The minimum absolute atomic E-state index is 0.103. The maximum atomic E-state index is 12.5. The van der Waals surface area contributed by atoms with Crippen LogP contribution in [0.1, 0.15) is 66.1 Å². The largest absolute Gasteiger partial charge is 0.299 e. The van der Waals surface area contributed by atoms with Crippen LogP contribution in [-0.2, 0) is 17.4 Å². The van der Waals surface area contributed by atoms with Crippen molar-refractivity contribution in [2.24, 2.45) is 0 Å². The van der Waals surface area contributed by atoms with Crippen LogP contribution in [0.15, 0.2) is 4.79 Å². The van der Waals surface area contributed by atoms with Crippen LogP contribution < -0.4 is 5.56 Å². The molecule has 1 rings (SSSR count). The standard InChI is InChI=1S/C14H26N2O/c1-8-9-10-11(13(2,3)4)12(17)16(15-10)14(5,6)7/h15H,8-9H2,1-7H3. The predicted molar refractivity (Wildman–Crippen MR) is 72.7 cm³/mol.